The molecule has 23 heavy (non-hydrogen) atoms. The second kappa shape index (κ2) is 6.45. The van der Waals surface area contributed by atoms with Crippen molar-refractivity contribution in [3.8, 4) is 0 Å². The minimum absolute atomic E-state index is 0.0145. The first-order chi connectivity index (χ1) is 11.1. The number of aromatic nitrogens is 4. The third-order valence-electron chi connectivity index (χ3n) is 4.13. The van der Waals surface area contributed by atoms with Gasteiger partial charge in [0.25, 0.3) is 5.91 Å². The van der Waals surface area contributed by atoms with E-state index >= 15 is 0 Å². The van der Waals surface area contributed by atoms with E-state index in [1.54, 1.807) is 19.5 Å². The van der Waals surface area contributed by atoms with Crippen molar-refractivity contribution in [1.29, 1.82) is 0 Å². The molecule has 0 saturated carbocycles. The lowest BCUT2D eigenvalue weighted by Gasteiger charge is -2.26. The minimum atomic E-state index is 0.0145. The Kier molecular flexibility index (Phi) is 4.38. The summed E-state index contributed by atoms with van der Waals surface area (Å²) >= 11 is 0. The van der Waals surface area contributed by atoms with Gasteiger partial charge in [-0.25, -0.2) is 0 Å². The molecule has 2 aromatic rings. The topological polar surface area (TPSA) is 73.1 Å². The van der Waals surface area contributed by atoms with Crippen molar-refractivity contribution in [2.75, 3.05) is 13.7 Å². The van der Waals surface area contributed by atoms with E-state index in [1.165, 1.54) is 0 Å². The number of methoxy groups -OCH3 is 1. The van der Waals surface area contributed by atoms with Gasteiger partial charge in [0.1, 0.15) is 12.4 Å². The highest BCUT2D eigenvalue weighted by molar-refractivity contribution is 5.94. The molecule has 0 N–H and O–H groups in total. The van der Waals surface area contributed by atoms with E-state index in [2.05, 4.69) is 19.7 Å². The molecule has 2 aromatic heterocycles. The maximum Gasteiger partial charge on any atom is 0.255 e. The number of hydrogen-bond donors (Lipinski definition) is 0. The van der Waals surface area contributed by atoms with Gasteiger partial charge in [0.2, 0.25) is 0 Å². The highest BCUT2D eigenvalue weighted by Crippen LogP contribution is 2.17. The van der Waals surface area contributed by atoms with Gasteiger partial charge in [0, 0.05) is 45.1 Å². The molecular formula is C16H21N5O2. The molecule has 7 nitrogen and oxygen atoms in total. The van der Waals surface area contributed by atoms with Gasteiger partial charge in [-0.15, -0.1) is 10.2 Å². The Balaban J connectivity index is 1.82. The molecule has 1 amide bonds. The van der Waals surface area contributed by atoms with Crippen molar-refractivity contribution in [2.24, 2.45) is 0 Å². The van der Waals surface area contributed by atoms with Crippen LogP contribution in [0.5, 0.6) is 0 Å². The van der Waals surface area contributed by atoms with Crippen molar-refractivity contribution in [3.63, 3.8) is 0 Å². The molecular weight excluding hydrogens is 294 g/mol. The quantitative estimate of drug-likeness (QED) is 0.851. The zero-order chi connectivity index (χ0) is 16.4. The summed E-state index contributed by atoms with van der Waals surface area (Å²) in [7, 11) is 1.64. The van der Waals surface area contributed by atoms with Crippen LogP contribution < -0.4 is 0 Å². The second-order valence-electron chi connectivity index (χ2n) is 5.92. The summed E-state index contributed by atoms with van der Waals surface area (Å²) < 4.78 is 7.22. The number of aryl methyl sites for hydroxylation is 1. The van der Waals surface area contributed by atoms with Crippen LogP contribution in [0.1, 0.15) is 34.5 Å². The molecule has 3 heterocycles. The van der Waals surface area contributed by atoms with Crippen LogP contribution in [-0.2, 0) is 24.3 Å². The van der Waals surface area contributed by atoms with Crippen LogP contribution in [0, 0.1) is 6.92 Å². The van der Waals surface area contributed by atoms with Gasteiger partial charge in [0.05, 0.1) is 5.56 Å². The van der Waals surface area contributed by atoms with Crippen molar-refractivity contribution in [2.45, 2.75) is 39.5 Å². The van der Waals surface area contributed by atoms with Gasteiger partial charge in [-0.1, -0.05) is 0 Å². The number of hydrogen-bond acceptors (Lipinski definition) is 5. The lowest BCUT2D eigenvalue weighted by Crippen LogP contribution is -2.40. The molecule has 1 aliphatic heterocycles. The Morgan fingerprint density at radius 2 is 2.17 bits per heavy atom. The lowest BCUT2D eigenvalue weighted by atomic mass is 10.1. The van der Waals surface area contributed by atoms with Crippen LogP contribution >= 0.6 is 0 Å². The summed E-state index contributed by atoms with van der Waals surface area (Å²) in [6, 6.07) is 1.94. The fraction of sp³-hybridized carbons (Fsp3) is 0.500. The maximum absolute atomic E-state index is 12.8. The molecule has 3 rings (SSSR count). The average molecular weight is 315 g/mol. The van der Waals surface area contributed by atoms with E-state index in [1.807, 2.05) is 24.8 Å². The van der Waals surface area contributed by atoms with E-state index in [9.17, 15) is 4.79 Å². The molecule has 0 unspecified atom stereocenters. The Morgan fingerprint density at radius 1 is 1.35 bits per heavy atom. The smallest absolute Gasteiger partial charge is 0.255 e. The Labute approximate surface area is 135 Å². The normalized spacial score (nSPS) is 17.7. The summed E-state index contributed by atoms with van der Waals surface area (Å²) in [5.74, 6) is 1.73. The number of carbonyl (C=O) groups is 1. The summed E-state index contributed by atoms with van der Waals surface area (Å²) in [6.07, 6.45) is 4.06. The standard InChI is InChI=1S/C16H21N5O2/c1-11-6-13(9-17-8-11)16(22)20-4-5-21-14(7-12(20)2)18-19-15(21)10-23-3/h6,8-9,12H,4-5,7,10H2,1-3H3/t12-/m0/s1. The average Bonchev–Trinajstić information content (AvgIpc) is 2.81. The highest BCUT2D eigenvalue weighted by atomic mass is 16.5. The number of ether oxygens (including phenoxy) is 1. The summed E-state index contributed by atoms with van der Waals surface area (Å²) in [5, 5.41) is 8.43. The molecule has 0 saturated heterocycles. The molecule has 0 radical (unpaired) electrons. The fourth-order valence-corrected chi connectivity index (χ4v) is 2.96. The molecule has 1 atom stereocenters. The van der Waals surface area contributed by atoms with Crippen LogP contribution in [0.3, 0.4) is 0 Å². The first kappa shape index (κ1) is 15.6. The van der Waals surface area contributed by atoms with Crippen LogP contribution in [0.4, 0.5) is 0 Å². The van der Waals surface area contributed by atoms with Crippen LogP contribution in [0.2, 0.25) is 0 Å². The van der Waals surface area contributed by atoms with Gasteiger partial charge in [0.15, 0.2) is 5.82 Å². The number of amides is 1. The van der Waals surface area contributed by atoms with Gasteiger partial charge in [-0.3, -0.25) is 9.78 Å². The Morgan fingerprint density at radius 3 is 2.91 bits per heavy atom. The predicted octanol–water partition coefficient (Wildman–Crippen LogP) is 1.21. The largest absolute Gasteiger partial charge is 0.377 e. The molecule has 0 spiro atoms. The molecule has 1 aliphatic rings. The number of pyridine rings is 1. The zero-order valence-electron chi connectivity index (χ0n) is 13.7. The fourth-order valence-electron chi connectivity index (χ4n) is 2.96. The third kappa shape index (κ3) is 3.10. The minimum Gasteiger partial charge on any atom is -0.377 e. The first-order valence-corrected chi connectivity index (χ1v) is 7.72. The SMILES string of the molecule is COCc1nnc2n1CCN(C(=O)c1cncc(C)c1)[C@@H](C)C2. The molecule has 7 heteroatoms. The van der Waals surface area contributed by atoms with E-state index < -0.39 is 0 Å². The molecule has 0 aliphatic carbocycles. The Bertz CT molecular complexity index is 712. The summed E-state index contributed by atoms with van der Waals surface area (Å²) in [4.78, 5) is 18.8. The number of fused-ring (bicyclic) bond motifs is 1. The summed E-state index contributed by atoms with van der Waals surface area (Å²) in [5.41, 5.74) is 1.62. The molecule has 0 bridgehead atoms. The second-order valence-corrected chi connectivity index (χ2v) is 5.92. The van der Waals surface area contributed by atoms with Crippen molar-refractivity contribution in [3.05, 3.63) is 41.2 Å². The molecule has 0 fully saturated rings. The Hall–Kier alpha value is -2.28. The molecule has 122 valence electrons. The number of carbonyl (C=O) groups excluding carboxylic acids is 1. The van der Waals surface area contributed by atoms with Gasteiger partial charge in [-0.05, 0) is 25.5 Å². The van der Waals surface area contributed by atoms with Gasteiger partial charge < -0.3 is 14.2 Å². The van der Waals surface area contributed by atoms with E-state index in [0.29, 0.717) is 31.7 Å². The van der Waals surface area contributed by atoms with E-state index in [4.69, 9.17) is 4.74 Å². The molecule has 0 aromatic carbocycles. The third-order valence-corrected chi connectivity index (χ3v) is 4.13. The number of rotatable bonds is 3. The zero-order valence-corrected chi connectivity index (χ0v) is 13.7. The maximum atomic E-state index is 12.8. The summed E-state index contributed by atoms with van der Waals surface area (Å²) in [6.45, 7) is 5.71. The van der Waals surface area contributed by atoms with Crippen LogP contribution in [-0.4, -0.2) is 50.3 Å². The van der Waals surface area contributed by atoms with Crippen LogP contribution in [0.15, 0.2) is 18.5 Å². The highest BCUT2D eigenvalue weighted by Gasteiger charge is 2.27. The van der Waals surface area contributed by atoms with Gasteiger partial charge in [-0.2, -0.15) is 0 Å². The van der Waals surface area contributed by atoms with Crippen molar-refractivity contribution < 1.29 is 9.53 Å². The van der Waals surface area contributed by atoms with Crippen LogP contribution in [0.25, 0.3) is 0 Å². The monoisotopic (exact) mass is 315 g/mol. The van der Waals surface area contributed by atoms with Gasteiger partial charge >= 0.3 is 0 Å². The van der Waals surface area contributed by atoms with E-state index in [-0.39, 0.29) is 11.9 Å². The van der Waals surface area contributed by atoms with Crippen molar-refractivity contribution in [1.82, 2.24) is 24.6 Å². The predicted molar refractivity (Wildman–Crippen MR) is 83.9 cm³/mol. The lowest BCUT2D eigenvalue weighted by molar-refractivity contribution is 0.0694. The number of nitrogens with zero attached hydrogens (tertiary/aromatic N) is 5. The van der Waals surface area contributed by atoms with E-state index in [0.717, 1.165) is 17.2 Å². The van der Waals surface area contributed by atoms with Crippen molar-refractivity contribution >= 4 is 5.91 Å². The first-order valence-electron chi connectivity index (χ1n) is 7.72.